The third-order valence-electron chi connectivity index (χ3n) is 5.95. The first-order valence-corrected chi connectivity index (χ1v) is 13.8. The molecular weight excluding hydrogens is 572 g/mol. The molecule has 0 fully saturated rings. The number of hydrogen-bond donors (Lipinski definition) is 0. The van der Waals surface area contributed by atoms with Gasteiger partial charge in [-0.15, -0.1) is 0 Å². The first-order valence-electron chi connectivity index (χ1n) is 12.2. The molecule has 1 unspecified atom stereocenters. The van der Waals surface area contributed by atoms with E-state index in [-0.39, 0.29) is 11.1 Å². The molecule has 0 radical (unpaired) electrons. The average molecular weight is 602 g/mol. The van der Waals surface area contributed by atoms with Gasteiger partial charge in [0.25, 0.3) is 5.56 Å². The fourth-order valence-electron chi connectivity index (χ4n) is 4.29. The third-order valence-corrected chi connectivity index (χ3v) is 7.56. The lowest BCUT2D eigenvalue weighted by molar-refractivity contribution is -0.136. The molecule has 3 aromatic rings. The highest BCUT2D eigenvalue weighted by Crippen LogP contribution is 2.40. The van der Waals surface area contributed by atoms with Crippen LogP contribution < -0.4 is 29.1 Å². The number of thiazole rings is 1. The normalized spacial score (nSPS) is 15.1. The molecule has 0 bridgehead atoms. The van der Waals surface area contributed by atoms with Crippen LogP contribution in [-0.2, 0) is 9.53 Å². The first kappa shape index (κ1) is 27.7. The summed E-state index contributed by atoms with van der Waals surface area (Å²) in [6, 6.07) is 10.3. The lowest BCUT2D eigenvalue weighted by Gasteiger charge is -2.26. The molecule has 4 rings (SSSR count). The zero-order valence-electron chi connectivity index (χ0n) is 21.9. The van der Waals surface area contributed by atoms with Gasteiger partial charge in [-0.2, -0.15) is 0 Å². The van der Waals surface area contributed by atoms with E-state index in [9.17, 15) is 9.59 Å². The lowest BCUT2D eigenvalue weighted by Crippen LogP contribution is -2.40. The topological polar surface area (TPSA) is 88.4 Å². The number of methoxy groups -OCH3 is 2. The number of carbonyl (C=O) groups is 1. The van der Waals surface area contributed by atoms with Crippen LogP contribution >= 0.6 is 27.3 Å². The minimum Gasteiger partial charge on any atom is -0.493 e. The molecule has 2 aromatic carbocycles. The van der Waals surface area contributed by atoms with Crippen molar-refractivity contribution in [3.8, 4) is 17.2 Å². The molecule has 2 heterocycles. The fourth-order valence-corrected chi connectivity index (χ4v) is 5.84. The number of aromatic nitrogens is 1. The summed E-state index contributed by atoms with van der Waals surface area (Å²) < 4.78 is 25.2. The SMILES string of the molecule is CCCOc1c(OC)cccc1C1C(C(=O)OC)=C(C)N=c2sc(=Cc3ccc(OCC)c(Br)c3)c(=O)n21. The predicted molar refractivity (Wildman–Crippen MR) is 150 cm³/mol. The third kappa shape index (κ3) is 5.28. The van der Waals surface area contributed by atoms with Gasteiger partial charge in [-0.25, -0.2) is 9.79 Å². The van der Waals surface area contributed by atoms with Gasteiger partial charge in [-0.05, 0) is 66.0 Å². The van der Waals surface area contributed by atoms with E-state index < -0.39 is 12.0 Å². The van der Waals surface area contributed by atoms with Gasteiger partial charge in [0.1, 0.15) is 11.8 Å². The Morgan fingerprint density at radius 3 is 2.61 bits per heavy atom. The van der Waals surface area contributed by atoms with Crippen molar-refractivity contribution in [1.29, 1.82) is 0 Å². The molecule has 38 heavy (non-hydrogen) atoms. The van der Waals surface area contributed by atoms with E-state index in [1.807, 2.05) is 44.2 Å². The summed E-state index contributed by atoms with van der Waals surface area (Å²) in [4.78, 5) is 32.0. The molecule has 0 saturated heterocycles. The molecule has 1 aliphatic heterocycles. The number of benzene rings is 2. The lowest BCUT2D eigenvalue weighted by atomic mass is 9.94. The molecule has 0 spiro atoms. The maximum absolute atomic E-state index is 13.9. The van der Waals surface area contributed by atoms with Crippen molar-refractivity contribution < 1.29 is 23.7 Å². The van der Waals surface area contributed by atoms with Gasteiger partial charge < -0.3 is 18.9 Å². The molecule has 0 saturated carbocycles. The van der Waals surface area contributed by atoms with Crippen molar-refractivity contribution in [2.24, 2.45) is 4.99 Å². The first-order chi connectivity index (χ1) is 18.3. The molecule has 8 nitrogen and oxygen atoms in total. The molecule has 0 N–H and O–H groups in total. The standard InChI is InChI=1S/C28H29BrN2O6S/c1-6-13-37-25-18(9-8-10-21(25)34-4)24-23(27(33)35-5)16(3)30-28-31(24)26(32)22(38-28)15-17-11-12-20(36-7-2)19(29)14-17/h8-12,14-15,24H,6-7,13H2,1-5H3. The zero-order valence-corrected chi connectivity index (χ0v) is 24.3. The number of esters is 1. The van der Waals surface area contributed by atoms with Gasteiger partial charge >= 0.3 is 5.97 Å². The summed E-state index contributed by atoms with van der Waals surface area (Å²) in [5.74, 6) is 1.14. The van der Waals surface area contributed by atoms with Crippen LogP contribution in [0.2, 0.25) is 0 Å². The number of carbonyl (C=O) groups excluding carboxylic acids is 1. The summed E-state index contributed by atoms with van der Waals surface area (Å²) in [7, 11) is 2.87. The molecule has 1 aromatic heterocycles. The van der Waals surface area contributed by atoms with Crippen LogP contribution in [0.25, 0.3) is 6.08 Å². The second-order valence-corrected chi connectivity index (χ2v) is 10.3. The van der Waals surface area contributed by atoms with Gasteiger partial charge in [-0.3, -0.25) is 9.36 Å². The van der Waals surface area contributed by atoms with Crippen molar-refractivity contribution in [2.45, 2.75) is 33.2 Å². The maximum Gasteiger partial charge on any atom is 0.338 e. The highest BCUT2D eigenvalue weighted by molar-refractivity contribution is 9.10. The quantitative estimate of drug-likeness (QED) is 0.339. The Hall–Kier alpha value is -3.37. The van der Waals surface area contributed by atoms with E-state index in [0.717, 1.165) is 22.2 Å². The zero-order chi connectivity index (χ0) is 27.4. The predicted octanol–water partition coefficient (Wildman–Crippen LogP) is 4.37. The molecule has 10 heteroatoms. The Labute approximate surface area is 233 Å². The van der Waals surface area contributed by atoms with E-state index >= 15 is 0 Å². The Kier molecular flexibility index (Phi) is 8.73. The fraction of sp³-hybridized carbons (Fsp3) is 0.321. The number of rotatable bonds is 9. The number of halogens is 1. The maximum atomic E-state index is 13.9. The largest absolute Gasteiger partial charge is 0.493 e. The van der Waals surface area contributed by atoms with Crippen LogP contribution in [0.3, 0.4) is 0 Å². The summed E-state index contributed by atoms with van der Waals surface area (Å²) >= 11 is 4.79. The summed E-state index contributed by atoms with van der Waals surface area (Å²) in [6.45, 7) is 6.65. The minimum absolute atomic E-state index is 0.268. The number of para-hydroxylation sites is 1. The van der Waals surface area contributed by atoms with Gasteiger partial charge in [0, 0.05) is 5.56 Å². The van der Waals surface area contributed by atoms with Crippen LogP contribution in [0.5, 0.6) is 17.2 Å². The van der Waals surface area contributed by atoms with E-state index in [1.165, 1.54) is 23.0 Å². The van der Waals surface area contributed by atoms with Crippen molar-refractivity contribution in [1.82, 2.24) is 4.57 Å². The van der Waals surface area contributed by atoms with Crippen molar-refractivity contribution in [3.05, 3.63) is 83.0 Å². The number of fused-ring (bicyclic) bond motifs is 1. The number of allylic oxidation sites excluding steroid dienone is 1. The Bertz CT molecular complexity index is 1570. The molecule has 1 aliphatic rings. The Morgan fingerprint density at radius 1 is 1.16 bits per heavy atom. The van der Waals surface area contributed by atoms with Crippen molar-refractivity contribution in [3.63, 3.8) is 0 Å². The van der Waals surface area contributed by atoms with Crippen molar-refractivity contribution in [2.75, 3.05) is 27.4 Å². The van der Waals surface area contributed by atoms with Gasteiger partial charge in [0.05, 0.1) is 47.7 Å². The average Bonchev–Trinajstić information content (AvgIpc) is 3.21. The minimum atomic E-state index is -0.810. The van der Waals surface area contributed by atoms with Crippen LogP contribution in [-0.4, -0.2) is 38.0 Å². The summed E-state index contributed by atoms with van der Waals surface area (Å²) in [6.07, 6.45) is 2.58. The van der Waals surface area contributed by atoms with Gasteiger partial charge in [0.15, 0.2) is 16.3 Å². The van der Waals surface area contributed by atoms with E-state index in [4.69, 9.17) is 18.9 Å². The monoisotopic (exact) mass is 600 g/mol. The van der Waals surface area contributed by atoms with Gasteiger partial charge in [0.2, 0.25) is 0 Å². The van der Waals surface area contributed by atoms with Gasteiger partial charge in [-0.1, -0.05) is 36.5 Å². The molecule has 200 valence electrons. The smallest absolute Gasteiger partial charge is 0.338 e. The van der Waals surface area contributed by atoms with E-state index in [0.29, 0.717) is 45.3 Å². The highest BCUT2D eigenvalue weighted by Gasteiger charge is 2.35. The summed E-state index contributed by atoms with van der Waals surface area (Å²) in [5, 5.41) is 0. The number of ether oxygens (including phenoxy) is 4. The van der Waals surface area contributed by atoms with Crippen LogP contribution in [0.4, 0.5) is 0 Å². The second-order valence-electron chi connectivity index (χ2n) is 8.42. The summed E-state index contributed by atoms with van der Waals surface area (Å²) in [5.41, 5.74) is 1.90. The molecule has 0 aliphatic carbocycles. The van der Waals surface area contributed by atoms with E-state index in [2.05, 4.69) is 20.9 Å². The van der Waals surface area contributed by atoms with Crippen molar-refractivity contribution >= 4 is 39.3 Å². The van der Waals surface area contributed by atoms with Crippen LogP contribution in [0.1, 0.15) is 44.4 Å². The Balaban J connectivity index is 1.96. The molecule has 0 amide bonds. The molecule has 1 atom stereocenters. The Morgan fingerprint density at radius 2 is 1.95 bits per heavy atom. The second kappa shape index (κ2) is 12.0. The highest BCUT2D eigenvalue weighted by atomic mass is 79.9. The van der Waals surface area contributed by atoms with Crippen LogP contribution in [0, 0.1) is 0 Å². The van der Waals surface area contributed by atoms with E-state index in [1.54, 1.807) is 26.2 Å². The number of nitrogens with zero attached hydrogens (tertiary/aromatic N) is 2. The van der Waals surface area contributed by atoms with Crippen LogP contribution in [0.15, 0.2) is 61.9 Å². The number of hydrogen-bond acceptors (Lipinski definition) is 8. The molecular formula is C28H29BrN2O6S.